The molecule has 0 heterocycles. The number of hydrogen-bond donors (Lipinski definition) is 0. The summed E-state index contributed by atoms with van der Waals surface area (Å²) >= 11 is 0. The molecule has 0 spiro atoms. The van der Waals surface area contributed by atoms with Crippen molar-refractivity contribution in [2.75, 3.05) is 0 Å². The number of benzene rings is 1. The Morgan fingerprint density at radius 1 is 1.00 bits per heavy atom. The summed E-state index contributed by atoms with van der Waals surface area (Å²) in [5, 5.41) is 0. The molecule has 1 rings (SSSR count). The third kappa shape index (κ3) is 4.17. The molecular formula is C16H23O2. The van der Waals surface area contributed by atoms with Gasteiger partial charge in [0.15, 0.2) is 0 Å². The lowest BCUT2D eigenvalue weighted by atomic mass is 9.93. The van der Waals surface area contributed by atoms with Crippen LogP contribution in [0, 0.1) is 5.92 Å². The van der Waals surface area contributed by atoms with Crippen molar-refractivity contribution in [3.8, 4) is 0 Å². The molecule has 0 N–H and O–H groups in total. The maximum Gasteiger partial charge on any atom is 0.338 e. The van der Waals surface area contributed by atoms with E-state index in [1.165, 1.54) is 11.5 Å². The Hall–Kier alpha value is -1.31. The smallest absolute Gasteiger partial charge is 0.338 e. The molecule has 2 heteroatoms. The highest BCUT2D eigenvalue weighted by Gasteiger charge is 2.18. The van der Waals surface area contributed by atoms with Gasteiger partial charge in [-0.1, -0.05) is 26.0 Å². The van der Waals surface area contributed by atoms with Gasteiger partial charge in [0.25, 0.3) is 0 Å². The minimum atomic E-state index is -0.445. The van der Waals surface area contributed by atoms with E-state index in [1.807, 2.05) is 45.0 Å². The SMILES string of the molecule is CC[C](CC)c1ccc(C(=O)OC(C)(C)C)cc1. The van der Waals surface area contributed by atoms with Crippen molar-refractivity contribution in [2.45, 2.75) is 53.1 Å². The molecule has 0 atom stereocenters. The molecule has 0 fully saturated rings. The van der Waals surface area contributed by atoms with Crippen LogP contribution in [0.5, 0.6) is 0 Å². The zero-order chi connectivity index (χ0) is 13.8. The van der Waals surface area contributed by atoms with E-state index in [0.717, 1.165) is 12.8 Å². The zero-order valence-corrected chi connectivity index (χ0v) is 12.0. The Balaban J connectivity index is 2.79. The van der Waals surface area contributed by atoms with Gasteiger partial charge in [0.2, 0.25) is 0 Å². The van der Waals surface area contributed by atoms with Crippen molar-refractivity contribution in [3.63, 3.8) is 0 Å². The molecule has 0 aliphatic heterocycles. The van der Waals surface area contributed by atoms with Gasteiger partial charge in [0.1, 0.15) is 5.60 Å². The van der Waals surface area contributed by atoms with Crippen molar-refractivity contribution < 1.29 is 9.53 Å². The molecular weight excluding hydrogens is 224 g/mol. The monoisotopic (exact) mass is 247 g/mol. The third-order valence-electron chi connectivity index (χ3n) is 2.78. The molecule has 0 saturated heterocycles. The summed E-state index contributed by atoms with van der Waals surface area (Å²) in [5.41, 5.74) is 1.38. The number of hydrogen-bond acceptors (Lipinski definition) is 2. The van der Waals surface area contributed by atoms with Gasteiger partial charge in [0, 0.05) is 5.92 Å². The van der Waals surface area contributed by atoms with Crippen LogP contribution in [0.25, 0.3) is 0 Å². The van der Waals surface area contributed by atoms with E-state index < -0.39 is 5.60 Å². The Morgan fingerprint density at radius 3 is 1.83 bits per heavy atom. The normalized spacial score (nSPS) is 11.7. The highest BCUT2D eigenvalue weighted by Crippen LogP contribution is 2.22. The number of esters is 1. The molecule has 1 aromatic rings. The van der Waals surface area contributed by atoms with E-state index in [0.29, 0.717) is 5.56 Å². The van der Waals surface area contributed by atoms with Gasteiger partial charge >= 0.3 is 5.97 Å². The maximum absolute atomic E-state index is 11.9. The second-order valence-corrected chi connectivity index (χ2v) is 5.39. The van der Waals surface area contributed by atoms with E-state index in [9.17, 15) is 4.79 Å². The Bertz CT molecular complexity index is 381. The van der Waals surface area contributed by atoms with Crippen LogP contribution < -0.4 is 0 Å². The minimum Gasteiger partial charge on any atom is -0.456 e. The summed E-state index contributed by atoms with van der Waals surface area (Å²) in [7, 11) is 0. The Morgan fingerprint density at radius 2 is 1.44 bits per heavy atom. The highest BCUT2D eigenvalue weighted by molar-refractivity contribution is 5.89. The molecule has 2 nitrogen and oxygen atoms in total. The number of carbonyl (C=O) groups is 1. The van der Waals surface area contributed by atoms with Crippen molar-refractivity contribution >= 4 is 5.97 Å². The molecule has 1 radical (unpaired) electrons. The van der Waals surface area contributed by atoms with Gasteiger partial charge in [-0.3, -0.25) is 0 Å². The Kier molecular flexibility index (Phi) is 4.94. The van der Waals surface area contributed by atoms with Crippen LogP contribution in [-0.4, -0.2) is 11.6 Å². The summed E-state index contributed by atoms with van der Waals surface area (Å²) in [6, 6.07) is 7.69. The number of ether oxygens (including phenoxy) is 1. The average Bonchev–Trinajstić information content (AvgIpc) is 2.29. The molecule has 0 amide bonds. The molecule has 0 saturated carbocycles. The summed E-state index contributed by atoms with van der Waals surface area (Å²) in [5.74, 6) is 1.15. The second kappa shape index (κ2) is 6.03. The summed E-state index contributed by atoms with van der Waals surface area (Å²) in [4.78, 5) is 11.9. The lowest BCUT2D eigenvalue weighted by Crippen LogP contribution is -2.23. The number of carbonyl (C=O) groups excluding carboxylic acids is 1. The first kappa shape index (κ1) is 14.7. The molecule has 99 valence electrons. The molecule has 0 bridgehead atoms. The van der Waals surface area contributed by atoms with Crippen LogP contribution in [-0.2, 0) is 4.74 Å². The maximum atomic E-state index is 11.9. The first-order valence-electron chi connectivity index (χ1n) is 6.56. The van der Waals surface area contributed by atoms with E-state index in [1.54, 1.807) is 0 Å². The summed E-state index contributed by atoms with van der Waals surface area (Å²) < 4.78 is 5.33. The third-order valence-corrected chi connectivity index (χ3v) is 2.78. The summed E-state index contributed by atoms with van der Waals surface area (Å²) in [6.45, 7) is 9.93. The quantitative estimate of drug-likeness (QED) is 0.738. The lowest BCUT2D eigenvalue weighted by Gasteiger charge is -2.19. The fraction of sp³-hybridized carbons (Fsp3) is 0.500. The largest absolute Gasteiger partial charge is 0.456 e. The predicted octanol–water partition coefficient (Wildman–Crippen LogP) is 4.38. The van der Waals surface area contributed by atoms with Crippen molar-refractivity contribution in [2.24, 2.45) is 0 Å². The fourth-order valence-electron chi connectivity index (χ4n) is 1.84. The number of rotatable bonds is 4. The fourth-order valence-corrected chi connectivity index (χ4v) is 1.84. The van der Waals surface area contributed by atoms with Gasteiger partial charge in [-0.15, -0.1) is 0 Å². The summed E-state index contributed by atoms with van der Waals surface area (Å²) in [6.07, 6.45) is 2.09. The molecule has 0 aliphatic rings. The zero-order valence-electron chi connectivity index (χ0n) is 12.0. The molecule has 0 aliphatic carbocycles. The topological polar surface area (TPSA) is 26.3 Å². The van der Waals surface area contributed by atoms with Crippen LogP contribution in [0.15, 0.2) is 24.3 Å². The van der Waals surface area contributed by atoms with E-state index in [-0.39, 0.29) is 5.97 Å². The van der Waals surface area contributed by atoms with Gasteiger partial charge in [-0.25, -0.2) is 4.79 Å². The van der Waals surface area contributed by atoms with Crippen molar-refractivity contribution in [1.29, 1.82) is 0 Å². The van der Waals surface area contributed by atoms with Gasteiger partial charge in [0.05, 0.1) is 5.56 Å². The van der Waals surface area contributed by atoms with Gasteiger partial charge < -0.3 is 4.74 Å². The van der Waals surface area contributed by atoms with Crippen LogP contribution >= 0.6 is 0 Å². The molecule has 0 unspecified atom stereocenters. The first-order valence-corrected chi connectivity index (χ1v) is 6.56. The standard InChI is InChI=1S/C16H23O2/c1-6-12(7-2)13-8-10-14(11-9-13)15(17)18-16(3,4)5/h8-11H,6-7H2,1-5H3. The molecule has 18 heavy (non-hydrogen) atoms. The van der Waals surface area contributed by atoms with E-state index >= 15 is 0 Å². The van der Waals surface area contributed by atoms with Crippen LogP contribution in [0.2, 0.25) is 0 Å². The van der Waals surface area contributed by atoms with Crippen molar-refractivity contribution in [1.82, 2.24) is 0 Å². The highest BCUT2D eigenvalue weighted by atomic mass is 16.6. The van der Waals surface area contributed by atoms with Gasteiger partial charge in [-0.05, 0) is 51.3 Å². The van der Waals surface area contributed by atoms with Crippen LogP contribution in [0.3, 0.4) is 0 Å². The van der Waals surface area contributed by atoms with E-state index in [2.05, 4.69) is 13.8 Å². The van der Waals surface area contributed by atoms with Crippen LogP contribution in [0.4, 0.5) is 0 Å². The Labute approximate surface area is 110 Å². The average molecular weight is 247 g/mol. The molecule has 1 aromatic carbocycles. The van der Waals surface area contributed by atoms with E-state index in [4.69, 9.17) is 4.74 Å². The predicted molar refractivity (Wildman–Crippen MR) is 74.5 cm³/mol. The van der Waals surface area contributed by atoms with Gasteiger partial charge in [-0.2, -0.15) is 0 Å². The second-order valence-electron chi connectivity index (χ2n) is 5.39. The van der Waals surface area contributed by atoms with Crippen LogP contribution in [0.1, 0.15) is 63.4 Å². The minimum absolute atomic E-state index is 0.261. The lowest BCUT2D eigenvalue weighted by molar-refractivity contribution is 0.00695. The van der Waals surface area contributed by atoms with Crippen molar-refractivity contribution in [3.05, 3.63) is 41.3 Å². The molecule has 0 aromatic heterocycles. The first-order chi connectivity index (χ1) is 8.37.